The number of fused-ring (bicyclic) bond motifs is 2. The van der Waals surface area contributed by atoms with Gasteiger partial charge < -0.3 is 14.3 Å². The molecule has 2 fully saturated rings. The Morgan fingerprint density at radius 1 is 1.19 bits per heavy atom. The van der Waals surface area contributed by atoms with E-state index in [0.717, 1.165) is 12.8 Å². The Bertz CT molecular complexity index is 424. The summed E-state index contributed by atoms with van der Waals surface area (Å²) in [6.07, 6.45) is 1.66. The van der Waals surface area contributed by atoms with Gasteiger partial charge in [0.1, 0.15) is 17.3 Å². The van der Waals surface area contributed by atoms with Crippen LogP contribution in [0.4, 0.5) is 0 Å². The summed E-state index contributed by atoms with van der Waals surface area (Å²) in [5.41, 5.74) is -1.75. The monoisotopic (exact) mass is 314 g/mol. The first kappa shape index (κ1) is 17.5. The minimum atomic E-state index is -1.95. The normalized spacial score (nSPS) is 43.9. The molecule has 0 aromatic rings. The largest absolute Gasteiger partial charge is 0.408 e. The van der Waals surface area contributed by atoms with Crippen LogP contribution in [0.1, 0.15) is 61.3 Å². The van der Waals surface area contributed by atoms with Gasteiger partial charge in [-0.1, -0.05) is 34.6 Å². The molecule has 2 rings (SSSR count). The summed E-state index contributed by atoms with van der Waals surface area (Å²) in [5, 5.41) is 11.5. The van der Waals surface area contributed by atoms with Gasteiger partial charge in [0.15, 0.2) is 8.32 Å². The summed E-state index contributed by atoms with van der Waals surface area (Å²) >= 11 is 0. The zero-order chi connectivity index (χ0) is 16.5. The molecule has 0 aromatic heterocycles. The van der Waals surface area contributed by atoms with Crippen LogP contribution in [-0.2, 0) is 9.16 Å². The van der Waals surface area contributed by atoms with E-state index in [0.29, 0.717) is 0 Å². The lowest BCUT2D eigenvalue weighted by molar-refractivity contribution is -0.146. The quantitative estimate of drug-likeness (QED) is 0.797. The lowest BCUT2D eigenvalue weighted by atomic mass is 9.66. The Kier molecular flexibility index (Phi) is 3.79. The summed E-state index contributed by atoms with van der Waals surface area (Å²) in [4.78, 5) is 0. The molecule has 2 saturated heterocycles. The molecule has 4 atom stereocenters. The second-order valence-corrected chi connectivity index (χ2v) is 14.1. The Morgan fingerprint density at radius 3 is 2.10 bits per heavy atom. The molecule has 2 heterocycles. The zero-order valence-electron chi connectivity index (χ0n) is 15.3. The lowest BCUT2D eigenvalue weighted by Gasteiger charge is -2.49. The number of ether oxygens (including phenoxy) is 1. The van der Waals surface area contributed by atoms with E-state index in [9.17, 15) is 5.11 Å². The number of rotatable bonds is 3. The van der Waals surface area contributed by atoms with Gasteiger partial charge in [-0.3, -0.25) is 0 Å². The molecular weight excluding hydrogens is 280 g/mol. The van der Waals surface area contributed by atoms with E-state index in [1.807, 2.05) is 6.92 Å². The second kappa shape index (κ2) is 4.56. The maximum atomic E-state index is 11.3. The Labute approximate surface area is 131 Å². The maximum absolute atomic E-state index is 11.3. The highest BCUT2D eigenvalue weighted by atomic mass is 28.4. The van der Waals surface area contributed by atoms with E-state index in [-0.39, 0.29) is 22.7 Å². The molecule has 0 aromatic carbocycles. The summed E-state index contributed by atoms with van der Waals surface area (Å²) in [6, 6.07) is 0. The van der Waals surface area contributed by atoms with Gasteiger partial charge in [0.25, 0.3) is 0 Å². The van der Waals surface area contributed by atoms with Crippen LogP contribution in [0.15, 0.2) is 0 Å². The summed E-state index contributed by atoms with van der Waals surface area (Å²) < 4.78 is 13.1. The summed E-state index contributed by atoms with van der Waals surface area (Å²) in [5.74, 6) is 0.280. The van der Waals surface area contributed by atoms with Gasteiger partial charge in [-0.2, -0.15) is 0 Å². The molecule has 1 unspecified atom stereocenters. The molecular formula is C17H34O3Si. The minimum Gasteiger partial charge on any atom is -0.408 e. The van der Waals surface area contributed by atoms with Crippen molar-refractivity contribution >= 4 is 8.32 Å². The van der Waals surface area contributed by atoms with Crippen molar-refractivity contribution in [3.05, 3.63) is 0 Å². The highest BCUT2D eigenvalue weighted by Gasteiger charge is 2.73. The van der Waals surface area contributed by atoms with Crippen LogP contribution >= 0.6 is 0 Å². The molecule has 0 aliphatic carbocycles. The van der Waals surface area contributed by atoms with E-state index in [1.165, 1.54) is 0 Å². The van der Waals surface area contributed by atoms with Crippen molar-refractivity contribution in [2.75, 3.05) is 0 Å². The first-order chi connectivity index (χ1) is 9.20. The molecule has 0 saturated carbocycles. The molecule has 2 bridgehead atoms. The first-order valence-corrected chi connectivity index (χ1v) is 11.2. The Morgan fingerprint density at radius 2 is 1.71 bits per heavy atom. The standard InChI is InChI=1S/C17H34O3Si/c1-12(2)17-11-10-15(6,20-17)13(16(17,7)18)19-21(8,9)14(3,4)5/h12-13,18H,10-11H2,1-9H3/t13-,15-,16?,17-/m0/s1. The van der Waals surface area contributed by atoms with Crippen LogP contribution in [0.3, 0.4) is 0 Å². The third-order valence-corrected chi connectivity index (χ3v) is 10.9. The van der Waals surface area contributed by atoms with Crippen molar-refractivity contribution in [2.45, 2.75) is 102 Å². The third kappa shape index (κ3) is 2.25. The fourth-order valence-corrected chi connectivity index (χ4v) is 5.43. The van der Waals surface area contributed by atoms with Gasteiger partial charge >= 0.3 is 0 Å². The van der Waals surface area contributed by atoms with Gasteiger partial charge in [-0.25, -0.2) is 0 Å². The highest BCUT2D eigenvalue weighted by molar-refractivity contribution is 6.74. The number of hydrogen-bond acceptors (Lipinski definition) is 3. The first-order valence-electron chi connectivity index (χ1n) is 8.30. The van der Waals surface area contributed by atoms with Gasteiger partial charge in [0.2, 0.25) is 0 Å². The van der Waals surface area contributed by atoms with Crippen molar-refractivity contribution in [3.63, 3.8) is 0 Å². The Balaban J connectivity index is 2.38. The number of aliphatic hydroxyl groups is 1. The lowest BCUT2D eigenvalue weighted by Crippen LogP contribution is -2.63. The van der Waals surface area contributed by atoms with E-state index < -0.39 is 19.5 Å². The van der Waals surface area contributed by atoms with E-state index >= 15 is 0 Å². The Hall–Kier alpha value is 0.0969. The average Bonchev–Trinajstić information content (AvgIpc) is 2.71. The maximum Gasteiger partial charge on any atom is 0.192 e. The number of hydrogen-bond donors (Lipinski definition) is 1. The molecule has 0 amide bonds. The van der Waals surface area contributed by atoms with Gasteiger partial charge in [-0.05, 0) is 50.7 Å². The van der Waals surface area contributed by atoms with Gasteiger partial charge in [0.05, 0.1) is 5.60 Å². The zero-order valence-corrected chi connectivity index (χ0v) is 16.3. The molecule has 124 valence electrons. The van der Waals surface area contributed by atoms with Crippen molar-refractivity contribution in [1.29, 1.82) is 0 Å². The van der Waals surface area contributed by atoms with Gasteiger partial charge in [-0.15, -0.1) is 0 Å². The molecule has 0 spiro atoms. The predicted molar refractivity (Wildman–Crippen MR) is 89.0 cm³/mol. The minimum absolute atomic E-state index is 0.131. The fraction of sp³-hybridized carbons (Fsp3) is 1.00. The topological polar surface area (TPSA) is 38.7 Å². The molecule has 3 nitrogen and oxygen atoms in total. The molecule has 1 N–H and O–H groups in total. The van der Waals surface area contributed by atoms with Crippen LogP contribution in [-0.4, -0.2) is 36.3 Å². The summed E-state index contributed by atoms with van der Waals surface area (Å²) in [6.45, 7) is 19.6. The molecule has 21 heavy (non-hydrogen) atoms. The fourth-order valence-electron chi connectivity index (χ4n) is 4.01. The van der Waals surface area contributed by atoms with Crippen molar-refractivity contribution in [1.82, 2.24) is 0 Å². The molecule has 2 aliphatic rings. The highest BCUT2D eigenvalue weighted by Crippen LogP contribution is 2.61. The van der Waals surface area contributed by atoms with Crippen LogP contribution in [0.2, 0.25) is 18.1 Å². The predicted octanol–water partition coefficient (Wildman–Crippen LogP) is 4.11. The van der Waals surface area contributed by atoms with Crippen LogP contribution < -0.4 is 0 Å². The van der Waals surface area contributed by atoms with E-state index in [1.54, 1.807) is 0 Å². The van der Waals surface area contributed by atoms with Crippen molar-refractivity contribution < 1.29 is 14.3 Å². The van der Waals surface area contributed by atoms with Crippen LogP contribution in [0, 0.1) is 5.92 Å². The smallest absolute Gasteiger partial charge is 0.192 e. The van der Waals surface area contributed by atoms with Crippen LogP contribution in [0.25, 0.3) is 0 Å². The van der Waals surface area contributed by atoms with Crippen molar-refractivity contribution in [2.24, 2.45) is 5.92 Å². The second-order valence-electron chi connectivity index (χ2n) is 9.36. The van der Waals surface area contributed by atoms with Gasteiger partial charge in [0, 0.05) is 0 Å². The molecule has 4 heteroatoms. The SMILES string of the molecule is CC(C)[C@]12CC[C@](C)(O1)[C@H](O[Si](C)(C)C(C)(C)C)C2(C)O. The molecule has 2 aliphatic heterocycles. The van der Waals surface area contributed by atoms with E-state index in [4.69, 9.17) is 9.16 Å². The van der Waals surface area contributed by atoms with Crippen LogP contribution in [0.5, 0.6) is 0 Å². The summed E-state index contributed by atoms with van der Waals surface area (Å²) in [7, 11) is -1.95. The van der Waals surface area contributed by atoms with E-state index in [2.05, 4.69) is 54.6 Å². The van der Waals surface area contributed by atoms with Crippen molar-refractivity contribution in [3.8, 4) is 0 Å². The average molecular weight is 315 g/mol. The molecule has 0 radical (unpaired) electrons. The third-order valence-electron chi connectivity index (χ3n) is 6.48.